The first-order valence-corrected chi connectivity index (χ1v) is 7.45. The summed E-state index contributed by atoms with van der Waals surface area (Å²) in [6, 6.07) is 14.1. The Hall–Kier alpha value is -2.16. The first-order chi connectivity index (χ1) is 10.1. The van der Waals surface area contributed by atoms with E-state index in [1.54, 1.807) is 0 Å². The highest BCUT2D eigenvalue weighted by Gasteiger charge is 2.08. The van der Waals surface area contributed by atoms with Crippen molar-refractivity contribution >= 4 is 11.1 Å². The van der Waals surface area contributed by atoms with Gasteiger partial charge in [-0.2, -0.15) is 0 Å². The summed E-state index contributed by atoms with van der Waals surface area (Å²) < 4.78 is 5.93. The van der Waals surface area contributed by atoms with E-state index in [2.05, 4.69) is 25.8 Å². The predicted octanol–water partition coefficient (Wildman–Crippen LogP) is 4.27. The fraction of sp³-hybridized carbons (Fsp3) is 0.333. The number of hydrogen-bond acceptors (Lipinski definition) is 3. The summed E-state index contributed by atoms with van der Waals surface area (Å²) in [6.45, 7) is 6.59. The maximum atomic E-state index is 5.93. The molecule has 3 heteroatoms. The van der Waals surface area contributed by atoms with Gasteiger partial charge in [0.1, 0.15) is 11.2 Å². The van der Waals surface area contributed by atoms with Crippen LogP contribution in [0.2, 0.25) is 0 Å². The van der Waals surface area contributed by atoms with Gasteiger partial charge in [0.2, 0.25) is 0 Å². The summed E-state index contributed by atoms with van der Waals surface area (Å²) in [7, 11) is 0. The van der Waals surface area contributed by atoms with Gasteiger partial charge < -0.3 is 4.42 Å². The van der Waals surface area contributed by atoms with E-state index in [1.807, 2.05) is 42.5 Å². The topological polar surface area (TPSA) is 38.4 Å². The van der Waals surface area contributed by atoms with Crippen molar-refractivity contribution in [1.82, 2.24) is 4.98 Å². The molecule has 2 aliphatic rings. The number of fused-ring (bicyclic) bond motifs is 2. The Balaban J connectivity index is 2.05. The van der Waals surface area contributed by atoms with Crippen molar-refractivity contribution in [2.24, 2.45) is 10.9 Å². The third-order valence-corrected chi connectivity index (χ3v) is 3.45. The lowest BCUT2D eigenvalue weighted by Gasteiger charge is -2.09. The lowest BCUT2D eigenvalue weighted by atomic mass is 10.1. The molecule has 3 rings (SSSR count). The van der Waals surface area contributed by atoms with E-state index >= 15 is 0 Å². The Morgan fingerprint density at radius 2 is 1.90 bits per heavy atom. The molecule has 1 aliphatic carbocycles. The van der Waals surface area contributed by atoms with Crippen LogP contribution in [0.15, 0.2) is 51.9 Å². The largest absolute Gasteiger partial charge is 0.453 e. The van der Waals surface area contributed by atoms with Gasteiger partial charge in [-0.15, -0.1) is 0 Å². The number of hydrogen-bond donors (Lipinski definition) is 0. The third-order valence-electron chi connectivity index (χ3n) is 3.45. The molecule has 0 aromatic heterocycles. The quantitative estimate of drug-likeness (QED) is 0.672. The molecular formula is C18H20N2O. The van der Waals surface area contributed by atoms with Crippen molar-refractivity contribution in [1.29, 1.82) is 0 Å². The van der Waals surface area contributed by atoms with Gasteiger partial charge in [0.05, 0.1) is 5.36 Å². The number of rotatable bonds is 3. The van der Waals surface area contributed by atoms with Gasteiger partial charge in [0.25, 0.3) is 0 Å². The summed E-state index contributed by atoms with van der Waals surface area (Å²) in [5.74, 6) is 1.44. The molecule has 21 heavy (non-hydrogen) atoms. The molecule has 0 saturated heterocycles. The second-order valence-corrected chi connectivity index (χ2v) is 5.94. The Morgan fingerprint density at radius 3 is 2.71 bits per heavy atom. The second kappa shape index (κ2) is 5.68. The number of para-hydroxylation sites is 2. The Morgan fingerprint density at radius 1 is 1.10 bits per heavy atom. The van der Waals surface area contributed by atoms with Gasteiger partial charge in [-0.05, 0) is 43.5 Å². The highest BCUT2D eigenvalue weighted by molar-refractivity contribution is 5.75. The minimum absolute atomic E-state index is 0.316. The van der Waals surface area contributed by atoms with Crippen LogP contribution in [0, 0.1) is 5.92 Å². The molecule has 0 bridgehead atoms. The number of nitrogens with zero attached hydrogens (tertiary/aromatic N) is 2. The molecule has 1 unspecified atom stereocenters. The molecule has 0 N–H and O–H groups in total. The lowest BCUT2D eigenvalue weighted by Crippen LogP contribution is -2.11. The van der Waals surface area contributed by atoms with Crippen LogP contribution in [0.1, 0.15) is 27.2 Å². The SMILES string of the molecule is CC(C)CC(C)/N=c1\ccc2nc3ccccc3oc-2c1. The van der Waals surface area contributed by atoms with E-state index in [0.29, 0.717) is 12.0 Å². The predicted molar refractivity (Wildman–Crippen MR) is 85.1 cm³/mol. The Kier molecular flexibility index (Phi) is 3.74. The van der Waals surface area contributed by atoms with E-state index < -0.39 is 0 Å². The van der Waals surface area contributed by atoms with E-state index in [-0.39, 0.29) is 0 Å². The van der Waals surface area contributed by atoms with Crippen molar-refractivity contribution < 1.29 is 4.42 Å². The molecule has 0 saturated carbocycles. The van der Waals surface area contributed by atoms with Crippen LogP contribution in [0.4, 0.5) is 0 Å². The van der Waals surface area contributed by atoms with Crippen LogP contribution in [0.3, 0.4) is 0 Å². The van der Waals surface area contributed by atoms with Gasteiger partial charge in [-0.25, -0.2) is 4.98 Å². The van der Waals surface area contributed by atoms with Crippen LogP contribution in [0.5, 0.6) is 0 Å². The molecule has 0 radical (unpaired) electrons. The van der Waals surface area contributed by atoms with E-state index in [1.165, 1.54) is 0 Å². The summed E-state index contributed by atoms with van der Waals surface area (Å²) in [6.07, 6.45) is 1.09. The van der Waals surface area contributed by atoms with Crippen molar-refractivity contribution in [3.8, 4) is 11.5 Å². The summed E-state index contributed by atoms with van der Waals surface area (Å²) in [4.78, 5) is 9.35. The summed E-state index contributed by atoms with van der Waals surface area (Å²) >= 11 is 0. The molecule has 1 aromatic carbocycles. The maximum Gasteiger partial charge on any atom is 0.155 e. The van der Waals surface area contributed by atoms with Gasteiger partial charge in [-0.3, -0.25) is 4.99 Å². The van der Waals surface area contributed by atoms with Crippen LogP contribution in [-0.4, -0.2) is 11.0 Å². The van der Waals surface area contributed by atoms with Gasteiger partial charge in [-0.1, -0.05) is 26.0 Å². The smallest absolute Gasteiger partial charge is 0.155 e. The fourth-order valence-electron chi connectivity index (χ4n) is 2.63. The van der Waals surface area contributed by atoms with E-state index in [9.17, 15) is 0 Å². The van der Waals surface area contributed by atoms with E-state index in [0.717, 1.165) is 34.3 Å². The average molecular weight is 280 g/mol. The molecule has 1 aromatic rings. The zero-order valence-corrected chi connectivity index (χ0v) is 12.7. The summed E-state index contributed by atoms with van der Waals surface area (Å²) in [5, 5.41) is 0.955. The molecule has 108 valence electrons. The third kappa shape index (κ3) is 3.13. The molecule has 1 aliphatic heterocycles. The van der Waals surface area contributed by atoms with Crippen LogP contribution in [0.25, 0.3) is 22.6 Å². The minimum Gasteiger partial charge on any atom is -0.453 e. The highest BCUT2D eigenvalue weighted by atomic mass is 16.3. The van der Waals surface area contributed by atoms with E-state index in [4.69, 9.17) is 9.41 Å². The zero-order valence-electron chi connectivity index (χ0n) is 12.7. The molecular weight excluding hydrogens is 260 g/mol. The van der Waals surface area contributed by atoms with Crippen LogP contribution >= 0.6 is 0 Å². The average Bonchev–Trinajstić information content (AvgIpc) is 2.44. The van der Waals surface area contributed by atoms with Crippen molar-refractivity contribution in [3.63, 3.8) is 0 Å². The molecule has 1 atom stereocenters. The standard InChI is InChI=1S/C18H20N2O/c1-12(2)10-13(3)19-14-8-9-16-18(11-14)21-17-7-5-4-6-15(17)20-16/h4-9,11-13H,10H2,1-3H3/b19-14+. The maximum absolute atomic E-state index is 5.93. The van der Waals surface area contributed by atoms with Gasteiger partial charge in [0, 0.05) is 12.1 Å². The fourth-order valence-corrected chi connectivity index (χ4v) is 2.63. The molecule has 0 spiro atoms. The molecule has 0 fully saturated rings. The Bertz CT molecular complexity index is 789. The van der Waals surface area contributed by atoms with Crippen molar-refractivity contribution in [2.45, 2.75) is 33.2 Å². The summed E-state index contributed by atoms with van der Waals surface area (Å²) in [5.41, 5.74) is 2.55. The second-order valence-electron chi connectivity index (χ2n) is 5.94. The minimum atomic E-state index is 0.316. The van der Waals surface area contributed by atoms with Crippen LogP contribution < -0.4 is 5.36 Å². The Labute approximate surface area is 124 Å². The zero-order chi connectivity index (χ0) is 14.8. The first kappa shape index (κ1) is 13.8. The highest BCUT2D eigenvalue weighted by Crippen LogP contribution is 2.22. The van der Waals surface area contributed by atoms with Crippen molar-refractivity contribution in [2.75, 3.05) is 0 Å². The number of aromatic nitrogens is 1. The van der Waals surface area contributed by atoms with Crippen molar-refractivity contribution in [3.05, 3.63) is 47.8 Å². The number of benzene rings is 2. The van der Waals surface area contributed by atoms with Gasteiger partial charge in [0.15, 0.2) is 11.3 Å². The van der Waals surface area contributed by atoms with Gasteiger partial charge >= 0.3 is 0 Å². The molecule has 0 amide bonds. The first-order valence-electron chi connectivity index (χ1n) is 7.45. The monoisotopic (exact) mass is 280 g/mol. The molecule has 1 heterocycles. The molecule has 3 nitrogen and oxygen atoms in total. The normalized spacial score (nSPS) is 14.2. The lowest BCUT2D eigenvalue weighted by molar-refractivity contribution is 0.515. The van der Waals surface area contributed by atoms with Crippen LogP contribution in [-0.2, 0) is 0 Å².